The molecule has 0 aliphatic rings. The summed E-state index contributed by atoms with van der Waals surface area (Å²) in [4.78, 5) is 13.6. The molecule has 1 N–H and O–H groups in total. The minimum atomic E-state index is 0.0258. The largest absolute Gasteiger partial charge is 0.494 e. The number of amides is 1. The molecule has 1 aromatic carbocycles. The Hall–Kier alpha value is -1.55. The van der Waals surface area contributed by atoms with Crippen molar-refractivity contribution in [1.82, 2.24) is 4.90 Å². The quantitative estimate of drug-likeness (QED) is 0.706. The van der Waals surface area contributed by atoms with Crippen LogP contribution in [0.3, 0.4) is 0 Å². The first-order chi connectivity index (χ1) is 9.69. The van der Waals surface area contributed by atoms with Gasteiger partial charge in [-0.25, -0.2) is 0 Å². The molecule has 0 aliphatic heterocycles. The summed E-state index contributed by atoms with van der Waals surface area (Å²) in [5.74, 6) is 0.872. The van der Waals surface area contributed by atoms with Gasteiger partial charge in [0.05, 0.1) is 6.61 Å². The van der Waals surface area contributed by atoms with Gasteiger partial charge in [0.1, 0.15) is 5.75 Å². The van der Waals surface area contributed by atoms with E-state index >= 15 is 0 Å². The number of nitrogens with one attached hydrogen (secondary N) is 1. The zero-order valence-electron chi connectivity index (χ0n) is 12.8. The van der Waals surface area contributed by atoms with E-state index in [4.69, 9.17) is 4.74 Å². The van der Waals surface area contributed by atoms with E-state index in [1.54, 1.807) is 0 Å². The maximum Gasteiger partial charge on any atom is 0.224 e. The molecule has 1 aromatic rings. The molecule has 0 radical (unpaired) electrons. The number of nitrogens with zero attached hydrogens (tertiary/aromatic N) is 1. The van der Waals surface area contributed by atoms with E-state index in [1.807, 2.05) is 31.2 Å². The van der Waals surface area contributed by atoms with Crippen molar-refractivity contribution >= 4 is 11.6 Å². The Bertz CT molecular complexity index is 386. The van der Waals surface area contributed by atoms with Crippen LogP contribution in [-0.4, -0.2) is 37.0 Å². The minimum absolute atomic E-state index is 0.0258. The normalized spacial score (nSPS) is 10.6. The maximum absolute atomic E-state index is 11.3. The SMILES string of the molecule is CCC(=O)Nc1ccc(OCCCN(CC)CC)cc1. The Morgan fingerprint density at radius 1 is 1.15 bits per heavy atom. The summed E-state index contributed by atoms with van der Waals surface area (Å²) in [6, 6.07) is 7.52. The van der Waals surface area contributed by atoms with Gasteiger partial charge in [0.25, 0.3) is 0 Å². The molecule has 0 heterocycles. The monoisotopic (exact) mass is 278 g/mol. The number of carbonyl (C=O) groups excluding carboxylic acids is 1. The molecule has 112 valence electrons. The van der Waals surface area contributed by atoms with Crippen LogP contribution in [0.1, 0.15) is 33.6 Å². The number of ether oxygens (including phenoxy) is 1. The molecule has 0 atom stereocenters. The molecule has 0 aliphatic carbocycles. The van der Waals surface area contributed by atoms with Gasteiger partial charge in [-0.1, -0.05) is 20.8 Å². The van der Waals surface area contributed by atoms with Crippen molar-refractivity contribution in [2.24, 2.45) is 0 Å². The van der Waals surface area contributed by atoms with Crippen LogP contribution in [0.5, 0.6) is 5.75 Å². The third-order valence-corrected chi connectivity index (χ3v) is 3.24. The molecular formula is C16H26N2O2. The van der Waals surface area contributed by atoms with Crippen LogP contribution >= 0.6 is 0 Å². The van der Waals surface area contributed by atoms with Gasteiger partial charge < -0.3 is 15.0 Å². The second kappa shape index (κ2) is 9.37. The van der Waals surface area contributed by atoms with Crippen LogP contribution in [0, 0.1) is 0 Å². The Kier molecular flexibility index (Phi) is 7.73. The van der Waals surface area contributed by atoms with Crippen molar-refractivity contribution in [3.8, 4) is 5.75 Å². The lowest BCUT2D eigenvalue weighted by atomic mass is 10.3. The number of carbonyl (C=O) groups is 1. The van der Waals surface area contributed by atoms with E-state index in [0.717, 1.165) is 44.1 Å². The number of hydrogen-bond acceptors (Lipinski definition) is 3. The molecular weight excluding hydrogens is 252 g/mol. The zero-order chi connectivity index (χ0) is 14.8. The predicted octanol–water partition coefficient (Wildman–Crippen LogP) is 3.15. The second-order valence-electron chi connectivity index (χ2n) is 4.66. The number of hydrogen-bond donors (Lipinski definition) is 1. The number of rotatable bonds is 9. The van der Waals surface area contributed by atoms with Gasteiger partial charge >= 0.3 is 0 Å². The summed E-state index contributed by atoms with van der Waals surface area (Å²) in [5.41, 5.74) is 0.812. The fraction of sp³-hybridized carbons (Fsp3) is 0.562. The molecule has 4 heteroatoms. The van der Waals surface area contributed by atoms with Gasteiger partial charge in [-0.2, -0.15) is 0 Å². The van der Waals surface area contributed by atoms with Gasteiger partial charge in [0, 0.05) is 18.7 Å². The van der Waals surface area contributed by atoms with Crippen LogP contribution in [0.4, 0.5) is 5.69 Å². The second-order valence-corrected chi connectivity index (χ2v) is 4.66. The van der Waals surface area contributed by atoms with Crippen LogP contribution in [-0.2, 0) is 4.79 Å². The molecule has 0 unspecified atom stereocenters. The van der Waals surface area contributed by atoms with Gasteiger partial charge in [-0.3, -0.25) is 4.79 Å². The molecule has 20 heavy (non-hydrogen) atoms. The number of benzene rings is 1. The van der Waals surface area contributed by atoms with E-state index in [2.05, 4.69) is 24.1 Å². The summed E-state index contributed by atoms with van der Waals surface area (Å²) in [7, 11) is 0. The number of anilines is 1. The van der Waals surface area contributed by atoms with Gasteiger partial charge in [0.15, 0.2) is 0 Å². The Morgan fingerprint density at radius 2 is 1.80 bits per heavy atom. The molecule has 0 spiro atoms. The fourth-order valence-corrected chi connectivity index (χ4v) is 1.90. The van der Waals surface area contributed by atoms with E-state index in [0.29, 0.717) is 6.42 Å². The van der Waals surface area contributed by atoms with Gasteiger partial charge in [0.2, 0.25) is 5.91 Å². The fourth-order valence-electron chi connectivity index (χ4n) is 1.90. The average Bonchev–Trinajstić information content (AvgIpc) is 2.49. The lowest BCUT2D eigenvalue weighted by Gasteiger charge is -2.17. The first-order valence-electron chi connectivity index (χ1n) is 7.44. The highest BCUT2D eigenvalue weighted by molar-refractivity contribution is 5.90. The lowest BCUT2D eigenvalue weighted by Crippen LogP contribution is -2.25. The smallest absolute Gasteiger partial charge is 0.224 e. The standard InChI is InChI=1S/C16H26N2O2/c1-4-16(19)17-14-8-10-15(11-9-14)20-13-7-12-18(5-2)6-3/h8-11H,4-7,12-13H2,1-3H3,(H,17,19). The predicted molar refractivity (Wildman–Crippen MR) is 83.3 cm³/mol. The van der Waals surface area contributed by atoms with E-state index < -0.39 is 0 Å². The third kappa shape index (κ3) is 6.06. The maximum atomic E-state index is 11.3. The van der Waals surface area contributed by atoms with Gasteiger partial charge in [-0.15, -0.1) is 0 Å². The van der Waals surface area contributed by atoms with Crippen molar-refractivity contribution in [3.63, 3.8) is 0 Å². The van der Waals surface area contributed by atoms with Crippen LogP contribution < -0.4 is 10.1 Å². The summed E-state index contributed by atoms with van der Waals surface area (Å²) in [6.45, 7) is 10.1. The first-order valence-corrected chi connectivity index (χ1v) is 7.44. The van der Waals surface area contributed by atoms with Crippen molar-refractivity contribution in [2.45, 2.75) is 33.6 Å². The summed E-state index contributed by atoms with van der Waals surface area (Å²) in [5, 5.41) is 2.82. The molecule has 0 aromatic heterocycles. The van der Waals surface area contributed by atoms with Crippen molar-refractivity contribution < 1.29 is 9.53 Å². The third-order valence-electron chi connectivity index (χ3n) is 3.24. The van der Waals surface area contributed by atoms with Crippen molar-refractivity contribution in [1.29, 1.82) is 0 Å². The molecule has 0 fully saturated rings. The van der Waals surface area contributed by atoms with Crippen molar-refractivity contribution in [3.05, 3.63) is 24.3 Å². The van der Waals surface area contributed by atoms with Gasteiger partial charge in [-0.05, 0) is 43.8 Å². The van der Waals surface area contributed by atoms with E-state index in [-0.39, 0.29) is 5.91 Å². The van der Waals surface area contributed by atoms with Crippen LogP contribution in [0.25, 0.3) is 0 Å². The minimum Gasteiger partial charge on any atom is -0.494 e. The highest BCUT2D eigenvalue weighted by Crippen LogP contribution is 2.16. The molecule has 0 saturated carbocycles. The van der Waals surface area contributed by atoms with E-state index in [1.165, 1.54) is 0 Å². The Labute approximate surface area is 122 Å². The summed E-state index contributed by atoms with van der Waals surface area (Å²) < 4.78 is 5.69. The Balaban J connectivity index is 2.29. The van der Waals surface area contributed by atoms with Crippen molar-refractivity contribution in [2.75, 3.05) is 31.6 Å². The van der Waals surface area contributed by atoms with Crippen LogP contribution in [0.15, 0.2) is 24.3 Å². The average molecular weight is 278 g/mol. The molecule has 1 rings (SSSR count). The zero-order valence-corrected chi connectivity index (χ0v) is 12.8. The summed E-state index contributed by atoms with van der Waals surface area (Å²) in [6.07, 6.45) is 1.51. The highest BCUT2D eigenvalue weighted by Gasteiger charge is 2.01. The molecule has 0 bridgehead atoms. The van der Waals surface area contributed by atoms with E-state index in [9.17, 15) is 4.79 Å². The Morgan fingerprint density at radius 3 is 2.35 bits per heavy atom. The molecule has 1 amide bonds. The molecule has 4 nitrogen and oxygen atoms in total. The lowest BCUT2D eigenvalue weighted by molar-refractivity contribution is -0.115. The first kappa shape index (κ1) is 16.5. The molecule has 0 saturated heterocycles. The highest BCUT2D eigenvalue weighted by atomic mass is 16.5. The topological polar surface area (TPSA) is 41.6 Å². The van der Waals surface area contributed by atoms with Crippen LogP contribution in [0.2, 0.25) is 0 Å². The summed E-state index contributed by atoms with van der Waals surface area (Å²) >= 11 is 0.